The molecule has 0 bridgehead atoms. The van der Waals surface area contributed by atoms with Gasteiger partial charge in [0.1, 0.15) is 5.75 Å². The van der Waals surface area contributed by atoms with E-state index in [9.17, 15) is 0 Å². The van der Waals surface area contributed by atoms with Crippen LogP contribution in [0.25, 0.3) is 0 Å². The van der Waals surface area contributed by atoms with Crippen LogP contribution in [0.4, 0.5) is 5.69 Å². The van der Waals surface area contributed by atoms with Gasteiger partial charge in [0.2, 0.25) is 0 Å². The van der Waals surface area contributed by atoms with Crippen LogP contribution < -0.4 is 10.1 Å². The summed E-state index contributed by atoms with van der Waals surface area (Å²) < 4.78 is 5.33. The van der Waals surface area contributed by atoms with E-state index < -0.39 is 0 Å². The number of nitrogens with one attached hydrogen (secondary N) is 1. The van der Waals surface area contributed by atoms with Crippen LogP contribution >= 0.6 is 0 Å². The van der Waals surface area contributed by atoms with E-state index in [-0.39, 0.29) is 6.04 Å². The molecule has 1 N–H and O–H groups in total. The summed E-state index contributed by atoms with van der Waals surface area (Å²) in [5, 5.41) is 3.42. The van der Waals surface area contributed by atoms with E-state index >= 15 is 0 Å². The molecule has 0 spiro atoms. The molecule has 0 heterocycles. The van der Waals surface area contributed by atoms with Crippen molar-refractivity contribution in [1.82, 2.24) is 0 Å². The standard InChI is InChI=1S/C16H17NO/c1-3-14(13-9-5-4-6-10-13)17-15-11-7-8-12-16(15)18-2/h3-12,14,17H,1H2,2H3/t14-/m1/s1. The van der Waals surface area contributed by atoms with Crippen molar-refractivity contribution in [1.29, 1.82) is 0 Å². The maximum atomic E-state index is 5.33. The molecule has 0 aliphatic carbocycles. The zero-order valence-electron chi connectivity index (χ0n) is 10.5. The largest absolute Gasteiger partial charge is 0.495 e. The summed E-state index contributed by atoms with van der Waals surface area (Å²) >= 11 is 0. The summed E-state index contributed by atoms with van der Waals surface area (Å²) in [5.74, 6) is 0.834. The van der Waals surface area contributed by atoms with Crippen LogP contribution in [-0.2, 0) is 0 Å². The smallest absolute Gasteiger partial charge is 0.141 e. The minimum absolute atomic E-state index is 0.0718. The molecule has 2 heteroatoms. The Bertz CT molecular complexity index is 508. The quantitative estimate of drug-likeness (QED) is 0.795. The fourth-order valence-electron chi connectivity index (χ4n) is 1.87. The first kappa shape index (κ1) is 12.2. The first-order valence-electron chi connectivity index (χ1n) is 5.92. The van der Waals surface area contributed by atoms with Gasteiger partial charge in [-0.15, -0.1) is 6.58 Å². The van der Waals surface area contributed by atoms with Gasteiger partial charge in [0, 0.05) is 0 Å². The van der Waals surface area contributed by atoms with E-state index in [2.05, 4.69) is 24.0 Å². The molecular weight excluding hydrogens is 222 g/mol. The van der Waals surface area contributed by atoms with E-state index in [1.807, 2.05) is 48.5 Å². The van der Waals surface area contributed by atoms with Crippen molar-refractivity contribution < 1.29 is 4.74 Å². The Morgan fingerprint density at radius 3 is 2.39 bits per heavy atom. The molecule has 0 saturated heterocycles. The van der Waals surface area contributed by atoms with E-state index in [1.54, 1.807) is 7.11 Å². The summed E-state index contributed by atoms with van der Waals surface area (Å²) in [5.41, 5.74) is 2.15. The molecule has 0 aromatic heterocycles. The zero-order valence-corrected chi connectivity index (χ0v) is 10.5. The molecule has 0 aliphatic rings. The van der Waals surface area contributed by atoms with Gasteiger partial charge in [0.15, 0.2) is 0 Å². The SMILES string of the molecule is C=C[C@@H](Nc1ccccc1OC)c1ccccc1. The minimum Gasteiger partial charge on any atom is -0.495 e. The van der Waals surface area contributed by atoms with Crippen LogP contribution in [0, 0.1) is 0 Å². The van der Waals surface area contributed by atoms with Crippen molar-refractivity contribution in [3.05, 3.63) is 72.8 Å². The highest BCUT2D eigenvalue weighted by Gasteiger charge is 2.09. The second kappa shape index (κ2) is 5.92. The molecule has 0 aliphatic heterocycles. The van der Waals surface area contributed by atoms with Gasteiger partial charge in [0.25, 0.3) is 0 Å². The third-order valence-corrected chi connectivity index (χ3v) is 2.81. The van der Waals surface area contributed by atoms with Gasteiger partial charge in [-0.2, -0.15) is 0 Å². The molecule has 0 unspecified atom stereocenters. The predicted octanol–water partition coefficient (Wildman–Crippen LogP) is 4.03. The number of ether oxygens (including phenoxy) is 1. The molecule has 0 radical (unpaired) electrons. The van der Waals surface area contributed by atoms with E-state index in [0.717, 1.165) is 11.4 Å². The second-order valence-corrected chi connectivity index (χ2v) is 3.97. The highest BCUT2D eigenvalue weighted by Crippen LogP contribution is 2.28. The van der Waals surface area contributed by atoms with Crippen LogP contribution in [0.3, 0.4) is 0 Å². The molecule has 2 aromatic rings. The Labute approximate surface area is 108 Å². The molecule has 0 fully saturated rings. The van der Waals surface area contributed by atoms with Gasteiger partial charge in [-0.25, -0.2) is 0 Å². The Hall–Kier alpha value is -2.22. The van der Waals surface area contributed by atoms with Crippen LogP contribution in [0.1, 0.15) is 11.6 Å². The normalized spacial score (nSPS) is 11.6. The lowest BCUT2D eigenvalue weighted by molar-refractivity contribution is 0.416. The number of methoxy groups -OCH3 is 1. The molecule has 92 valence electrons. The average molecular weight is 239 g/mol. The van der Waals surface area contributed by atoms with Crippen LogP contribution in [-0.4, -0.2) is 7.11 Å². The number of hydrogen-bond acceptors (Lipinski definition) is 2. The van der Waals surface area contributed by atoms with E-state index in [1.165, 1.54) is 5.56 Å². The molecule has 0 amide bonds. The Morgan fingerprint density at radius 1 is 1.06 bits per heavy atom. The molecule has 0 saturated carbocycles. The van der Waals surface area contributed by atoms with Crippen LogP contribution in [0.2, 0.25) is 0 Å². The molecule has 2 aromatic carbocycles. The van der Waals surface area contributed by atoms with Crippen LogP contribution in [0.5, 0.6) is 5.75 Å². The molecule has 2 rings (SSSR count). The summed E-state index contributed by atoms with van der Waals surface area (Å²) in [6.07, 6.45) is 1.89. The molecule has 1 atom stereocenters. The summed E-state index contributed by atoms with van der Waals surface area (Å²) in [7, 11) is 1.67. The summed E-state index contributed by atoms with van der Waals surface area (Å²) in [6, 6.07) is 18.2. The topological polar surface area (TPSA) is 21.3 Å². The third kappa shape index (κ3) is 2.72. The van der Waals surface area contributed by atoms with Crippen molar-refractivity contribution in [2.45, 2.75) is 6.04 Å². The van der Waals surface area contributed by atoms with Gasteiger partial charge >= 0.3 is 0 Å². The summed E-state index contributed by atoms with van der Waals surface area (Å²) in [6.45, 7) is 3.89. The maximum Gasteiger partial charge on any atom is 0.141 e. The van der Waals surface area contributed by atoms with Gasteiger partial charge < -0.3 is 10.1 Å². The van der Waals surface area contributed by atoms with Crippen molar-refractivity contribution in [2.75, 3.05) is 12.4 Å². The first-order valence-corrected chi connectivity index (χ1v) is 5.92. The molecule has 18 heavy (non-hydrogen) atoms. The highest BCUT2D eigenvalue weighted by atomic mass is 16.5. The van der Waals surface area contributed by atoms with Gasteiger partial charge in [-0.1, -0.05) is 48.5 Å². The fraction of sp³-hybridized carbons (Fsp3) is 0.125. The van der Waals surface area contributed by atoms with Crippen LogP contribution in [0.15, 0.2) is 67.3 Å². The number of rotatable bonds is 5. The monoisotopic (exact) mass is 239 g/mol. The van der Waals surface area contributed by atoms with Gasteiger partial charge in [0.05, 0.1) is 18.8 Å². The van der Waals surface area contributed by atoms with Crippen molar-refractivity contribution in [3.8, 4) is 5.75 Å². The Morgan fingerprint density at radius 2 is 1.72 bits per heavy atom. The minimum atomic E-state index is 0.0718. The molecule has 2 nitrogen and oxygen atoms in total. The van der Waals surface area contributed by atoms with Crippen molar-refractivity contribution in [2.24, 2.45) is 0 Å². The van der Waals surface area contributed by atoms with E-state index in [4.69, 9.17) is 4.74 Å². The third-order valence-electron chi connectivity index (χ3n) is 2.81. The van der Waals surface area contributed by atoms with Crippen molar-refractivity contribution in [3.63, 3.8) is 0 Å². The van der Waals surface area contributed by atoms with Crippen molar-refractivity contribution >= 4 is 5.69 Å². The zero-order chi connectivity index (χ0) is 12.8. The van der Waals surface area contributed by atoms with Gasteiger partial charge in [-0.05, 0) is 17.7 Å². The lowest BCUT2D eigenvalue weighted by atomic mass is 10.1. The first-order chi connectivity index (χ1) is 8.85. The molecular formula is C16H17NO. The fourth-order valence-corrected chi connectivity index (χ4v) is 1.87. The van der Waals surface area contributed by atoms with E-state index in [0.29, 0.717) is 0 Å². The lowest BCUT2D eigenvalue weighted by Crippen LogP contribution is -2.08. The number of hydrogen-bond donors (Lipinski definition) is 1. The Kier molecular flexibility index (Phi) is 4.02. The number of benzene rings is 2. The highest BCUT2D eigenvalue weighted by molar-refractivity contribution is 5.58. The Balaban J connectivity index is 2.23. The summed E-state index contributed by atoms with van der Waals surface area (Å²) in [4.78, 5) is 0. The number of anilines is 1. The maximum absolute atomic E-state index is 5.33. The second-order valence-electron chi connectivity index (χ2n) is 3.97. The predicted molar refractivity (Wildman–Crippen MR) is 76.0 cm³/mol. The van der Waals surface area contributed by atoms with Gasteiger partial charge in [-0.3, -0.25) is 0 Å². The lowest BCUT2D eigenvalue weighted by Gasteiger charge is -2.18. The average Bonchev–Trinajstić information content (AvgIpc) is 2.46. The number of para-hydroxylation sites is 2.